The molecule has 0 spiro atoms. The van der Waals surface area contributed by atoms with Crippen molar-refractivity contribution < 1.29 is 19.5 Å². The Morgan fingerprint density at radius 1 is 1.45 bits per heavy atom. The number of Topliss-reactive ketones (excluding diaryl/α,β-unsaturated/α-hetero) is 1. The molecule has 1 aliphatic carbocycles. The average Bonchev–Trinajstić information content (AvgIpc) is 2.96. The Morgan fingerprint density at radius 2 is 2.14 bits per heavy atom. The van der Waals surface area contributed by atoms with Crippen LogP contribution >= 0.6 is 11.3 Å². The van der Waals surface area contributed by atoms with Gasteiger partial charge < -0.3 is 15.7 Å². The van der Waals surface area contributed by atoms with Gasteiger partial charge in [-0.1, -0.05) is 13.8 Å². The summed E-state index contributed by atoms with van der Waals surface area (Å²) in [6.07, 6.45) is -0.776. The maximum absolute atomic E-state index is 12.4. The molecule has 22 heavy (non-hydrogen) atoms. The fourth-order valence-electron chi connectivity index (χ4n) is 2.58. The summed E-state index contributed by atoms with van der Waals surface area (Å²) in [5, 5.41) is 17.1. The first-order chi connectivity index (χ1) is 10.3. The molecule has 1 aromatic rings. The van der Waals surface area contributed by atoms with Gasteiger partial charge >= 0.3 is 0 Å². The highest BCUT2D eigenvalue weighted by molar-refractivity contribution is 7.12. The quantitative estimate of drug-likeness (QED) is 0.676. The fourth-order valence-corrected chi connectivity index (χ4v) is 3.50. The molecular formula is C14H19BN2O4S. The smallest absolute Gasteiger partial charge is 0.243 e. The van der Waals surface area contributed by atoms with Crippen molar-refractivity contribution in [2.75, 3.05) is 0 Å². The maximum Gasteiger partial charge on any atom is 0.243 e. The van der Waals surface area contributed by atoms with Gasteiger partial charge in [0.25, 0.3) is 0 Å². The van der Waals surface area contributed by atoms with Crippen LogP contribution in [-0.2, 0) is 4.79 Å². The van der Waals surface area contributed by atoms with Crippen molar-refractivity contribution in [2.45, 2.75) is 38.5 Å². The number of carbonyl (C=O) groups excluding carboxylic acids is 3. The van der Waals surface area contributed by atoms with E-state index in [0.29, 0.717) is 16.9 Å². The second-order valence-electron chi connectivity index (χ2n) is 5.88. The second-order valence-corrected chi connectivity index (χ2v) is 6.80. The van der Waals surface area contributed by atoms with Crippen LogP contribution in [0.3, 0.4) is 0 Å². The van der Waals surface area contributed by atoms with Crippen LogP contribution in [0.4, 0.5) is 4.79 Å². The van der Waals surface area contributed by atoms with Gasteiger partial charge in [-0.2, -0.15) is 0 Å². The molecule has 1 aromatic heterocycles. The number of fused-ring (bicyclic) bond motifs is 1. The Morgan fingerprint density at radius 3 is 2.73 bits per heavy atom. The van der Waals surface area contributed by atoms with Gasteiger partial charge in [0.15, 0.2) is 5.81 Å². The van der Waals surface area contributed by atoms with Gasteiger partial charge in [-0.05, 0) is 29.3 Å². The Bertz CT molecular complexity index is 601. The van der Waals surface area contributed by atoms with E-state index in [1.54, 1.807) is 11.4 Å². The number of carbonyl (C=O) groups is 3. The van der Waals surface area contributed by atoms with Crippen molar-refractivity contribution in [1.29, 1.82) is 0 Å². The van der Waals surface area contributed by atoms with Crippen LogP contribution in [0.2, 0.25) is 0 Å². The van der Waals surface area contributed by atoms with Crippen molar-refractivity contribution in [2.24, 2.45) is 5.92 Å². The maximum atomic E-state index is 12.4. The highest BCUT2D eigenvalue weighted by atomic mass is 32.1. The molecule has 6 nitrogen and oxygen atoms in total. The molecule has 0 saturated heterocycles. The summed E-state index contributed by atoms with van der Waals surface area (Å²) < 4.78 is 0. The van der Waals surface area contributed by atoms with E-state index in [4.69, 9.17) is 0 Å². The summed E-state index contributed by atoms with van der Waals surface area (Å²) in [5.41, 5.74) is 0.641. The zero-order valence-corrected chi connectivity index (χ0v) is 13.6. The number of hydrogen-bond donors (Lipinski definition) is 3. The molecule has 118 valence electrons. The normalized spacial score (nSPS) is 21.5. The van der Waals surface area contributed by atoms with Gasteiger partial charge in [0.1, 0.15) is 12.1 Å². The number of thiophene rings is 1. The van der Waals surface area contributed by atoms with Gasteiger partial charge in [-0.25, -0.2) is 0 Å². The van der Waals surface area contributed by atoms with Crippen LogP contribution < -0.4 is 10.6 Å². The van der Waals surface area contributed by atoms with Crippen LogP contribution in [0.1, 0.15) is 41.5 Å². The third kappa shape index (κ3) is 3.39. The van der Waals surface area contributed by atoms with Crippen LogP contribution in [0.25, 0.3) is 0 Å². The number of hydrogen-bond acceptors (Lipinski definition) is 5. The molecule has 3 unspecified atom stereocenters. The number of ketones is 1. The van der Waals surface area contributed by atoms with E-state index in [-0.39, 0.29) is 23.4 Å². The topological polar surface area (TPSA) is 95.5 Å². The molecule has 3 atom stereocenters. The monoisotopic (exact) mass is 322 g/mol. The molecule has 2 amide bonds. The van der Waals surface area contributed by atoms with Crippen molar-refractivity contribution >= 4 is 36.7 Å². The number of aliphatic hydroxyl groups excluding tert-OH is 1. The molecule has 0 saturated carbocycles. The minimum absolute atomic E-state index is 0.217. The second kappa shape index (κ2) is 6.62. The molecule has 2 rings (SSSR count). The van der Waals surface area contributed by atoms with Crippen LogP contribution in [-0.4, -0.2) is 42.6 Å². The Hall–Kier alpha value is -1.67. The van der Waals surface area contributed by atoms with Gasteiger partial charge in [0.05, 0.1) is 10.9 Å². The summed E-state index contributed by atoms with van der Waals surface area (Å²) in [6.45, 7) is 3.90. The van der Waals surface area contributed by atoms with Crippen molar-refractivity contribution in [1.82, 2.24) is 10.6 Å². The molecule has 0 aromatic carbocycles. The van der Waals surface area contributed by atoms with E-state index in [0.717, 1.165) is 0 Å². The summed E-state index contributed by atoms with van der Waals surface area (Å²) in [6, 6.07) is 0.307. The predicted molar refractivity (Wildman–Crippen MR) is 85.9 cm³/mol. The summed E-state index contributed by atoms with van der Waals surface area (Å²) in [5.74, 6) is -0.829. The lowest BCUT2D eigenvalue weighted by Gasteiger charge is -2.23. The highest BCUT2D eigenvalue weighted by Crippen LogP contribution is 2.35. The summed E-state index contributed by atoms with van der Waals surface area (Å²) in [7, 11) is 1.35. The summed E-state index contributed by atoms with van der Waals surface area (Å²) in [4.78, 5) is 36.1. The predicted octanol–water partition coefficient (Wildman–Crippen LogP) is 0.220. The number of rotatable bonds is 5. The Kier molecular flexibility index (Phi) is 5.03. The Labute approximate surface area is 133 Å². The van der Waals surface area contributed by atoms with Crippen LogP contribution in [0, 0.1) is 5.92 Å². The van der Waals surface area contributed by atoms with Crippen LogP contribution in [0.15, 0.2) is 11.4 Å². The van der Waals surface area contributed by atoms with Crippen molar-refractivity contribution in [3.63, 3.8) is 0 Å². The minimum Gasteiger partial charge on any atom is -0.382 e. The molecule has 1 aliphatic rings. The lowest BCUT2D eigenvalue weighted by atomic mass is 10.00. The van der Waals surface area contributed by atoms with E-state index in [9.17, 15) is 19.5 Å². The third-order valence-electron chi connectivity index (χ3n) is 3.54. The molecule has 0 bridgehead atoms. The molecule has 1 heterocycles. The number of amides is 2. The Balaban J connectivity index is 2.13. The SMILES string of the molecule is BC(=O)NC(CC(C)C)C(=O)NC1c2ccsc2C(=O)C1O. The standard InChI is InChI=1S/C14H19BN2O4S/c1-6(2)5-8(16-14(15)21)13(20)17-9-7-3-4-22-12(7)11(19)10(9)18/h3-4,6,8-10,18H,5,15H2,1-2H3,(H,16,21)(H,17,20). The van der Waals surface area contributed by atoms with Crippen molar-refractivity contribution in [3.05, 3.63) is 21.9 Å². The lowest BCUT2D eigenvalue weighted by molar-refractivity contribution is -0.124. The zero-order valence-electron chi connectivity index (χ0n) is 12.8. The van der Waals surface area contributed by atoms with E-state index in [2.05, 4.69) is 10.6 Å². The first-order valence-electron chi connectivity index (χ1n) is 7.18. The number of aliphatic hydroxyl groups is 1. The lowest BCUT2D eigenvalue weighted by Crippen LogP contribution is -2.49. The number of nitrogens with one attached hydrogen (secondary N) is 2. The fraction of sp³-hybridized carbons (Fsp3) is 0.500. The molecule has 8 heteroatoms. The molecule has 0 radical (unpaired) electrons. The minimum atomic E-state index is -1.26. The van der Waals surface area contributed by atoms with Gasteiger partial charge in [0, 0.05) is 0 Å². The molecular weight excluding hydrogens is 303 g/mol. The first kappa shape index (κ1) is 16.7. The van der Waals surface area contributed by atoms with E-state index in [1.165, 1.54) is 19.2 Å². The van der Waals surface area contributed by atoms with Gasteiger partial charge in [-0.3, -0.25) is 14.4 Å². The van der Waals surface area contributed by atoms with E-state index >= 15 is 0 Å². The highest BCUT2D eigenvalue weighted by Gasteiger charge is 2.41. The first-order valence-corrected chi connectivity index (χ1v) is 8.06. The molecule has 0 fully saturated rings. The third-order valence-corrected chi connectivity index (χ3v) is 4.48. The van der Waals surface area contributed by atoms with Crippen LogP contribution in [0.5, 0.6) is 0 Å². The average molecular weight is 322 g/mol. The van der Waals surface area contributed by atoms with Gasteiger partial charge in [-0.15, -0.1) is 11.3 Å². The zero-order chi connectivity index (χ0) is 16.4. The van der Waals surface area contributed by atoms with E-state index in [1.807, 2.05) is 13.8 Å². The van der Waals surface area contributed by atoms with E-state index < -0.39 is 18.2 Å². The summed E-state index contributed by atoms with van der Waals surface area (Å²) >= 11 is 1.25. The van der Waals surface area contributed by atoms with Crippen molar-refractivity contribution in [3.8, 4) is 0 Å². The molecule has 3 N–H and O–H groups in total. The van der Waals surface area contributed by atoms with Gasteiger partial charge in [0.2, 0.25) is 19.5 Å². The largest absolute Gasteiger partial charge is 0.382 e. The molecule has 0 aliphatic heterocycles.